The van der Waals surface area contributed by atoms with Crippen LogP contribution in [-0.4, -0.2) is 10.9 Å². The summed E-state index contributed by atoms with van der Waals surface area (Å²) in [5.74, 6) is -4.42. The van der Waals surface area contributed by atoms with Crippen LogP contribution in [-0.2, 0) is 0 Å². The molecule has 1 aromatic heterocycles. The smallest absolute Gasteiger partial charge is 0.258 e. The van der Waals surface area contributed by atoms with E-state index in [1.807, 2.05) is 24.3 Å². The zero-order valence-corrected chi connectivity index (χ0v) is 16.3. The summed E-state index contributed by atoms with van der Waals surface area (Å²) >= 11 is 1.38. The van der Waals surface area contributed by atoms with Gasteiger partial charge < -0.3 is 5.32 Å². The van der Waals surface area contributed by atoms with Gasteiger partial charge in [-0.3, -0.25) is 4.79 Å². The first-order valence-electron chi connectivity index (χ1n) is 8.74. The predicted molar refractivity (Wildman–Crippen MR) is 109 cm³/mol. The van der Waals surface area contributed by atoms with Crippen molar-refractivity contribution in [3.05, 3.63) is 82.7 Å². The molecule has 0 fully saturated rings. The Morgan fingerprint density at radius 2 is 1.87 bits per heavy atom. The first-order valence-corrected chi connectivity index (χ1v) is 9.56. The maximum Gasteiger partial charge on any atom is 0.258 e. The second-order valence-electron chi connectivity index (χ2n) is 6.47. The average Bonchev–Trinajstić information content (AvgIpc) is 3.16. The molecule has 8 heteroatoms. The van der Waals surface area contributed by atoms with Gasteiger partial charge in [0.1, 0.15) is 16.9 Å². The first kappa shape index (κ1) is 19.6. The summed E-state index contributed by atoms with van der Waals surface area (Å²) in [6, 6.07) is 13.4. The van der Waals surface area contributed by atoms with Crippen LogP contribution in [0, 0.1) is 35.7 Å². The Labute approximate surface area is 173 Å². The number of nitrogens with zero attached hydrogens (tertiary/aromatic N) is 2. The molecule has 0 bridgehead atoms. The maximum atomic E-state index is 14.3. The molecule has 0 atom stereocenters. The molecule has 4 nitrogen and oxygen atoms in total. The minimum Gasteiger partial charge on any atom is -0.322 e. The fraction of sp³-hybridized carbons (Fsp3) is 0.0455. The summed E-state index contributed by atoms with van der Waals surface area (Å²) in [6.07, 6.45) is 0. The summed E-state index contributed by atoms with van der Waals surface area (Å²) < 4.78 is 43.2. The predicted octanol–water partition coefficient (Wildman–Crippen LogP) is 5.81. The van der Waals surface area contributed by atoms with E-state index in [-0.39, 0.29) is 5.69 Å². The summed E-state index contributed by atoms with van der Waals surface area (Å²) in [6.45, 7) is 1.67. The van der Waals surface area contributed by atoms with E-state index in [4.69, 9.17) is 5.26 Å². The van der Waals surface area contributed by atoms with Crippen molar-refractivity contribution in [1.82, 2.24) is 4.98 Å². The van der Waals surface area contributed by atoms with Crippen LogP contribution in [0.2, 0.25) is 0 Å². The molecule has 0 unspecified atom stereocenters. The summed E-state index contributed by atoms with van der Waals surface area (Å²) in [4.78, 5) is 17.0. The molecular formula is C22H12F3N3OS. The second-order valence-corrected chi connectivity index (χ2v) is 7.50. The quantitative estimate of drug-likeness (QED) is 0.452. The molecule has 0 saturated carbocycles. The number of thiazole rings is 1. The average molecular weight is 423 g/mol. The van der Waals surface area contributed by atoms with Gasteiger partial charge >= 0.3 is 0 Å². The molecule has 0 aliphatic rings. The minimum absolute atomic E-state index is 0.110. The van der Waals surface area contributed by atoms with Crippen LogP contribution in [0.1, 0.15) is 21.5 Å². The Balaban J connectivity index is 1.73. The Kier molecular flexibility index (Phi) is 4.98. The first-order chi connectivity index (χ1) is 14.4. The number of aromatic nitrogens is 1. The lowest BCUT2D eigenvalue weighted by molar-refractivity contribution is 0.102. The van der Waals surface area contributed by atoms with Gasteiger partial charge in [0, 0.05) is 11.3 Å². The van der Waals surface area contributed by atoms with Crippen molar-refractivity contribution in [3.63, 3.8) is 0 Å². The van der Waals surface area contributed by atoms with Gasteiger partial charge in [0.25, 0.3) is 5.91 Å². The van der Waals surface area contributed by atoms with Crippen molar-refractivity contribution in [2.45, 2.75) is 6.92 Å². The number of nitrogens with one attached hydrogen (secondary N) is 1. The molecule has 4 rings (SSSR count). The van der Waals surface area contributed by atoms with Crippen LogP contribution < -0.4 is 5.32 Å². The third kappa shape index (κ3) is 3.40. The number of hydrogen-bond acceptors (Lipinski definition) is 4. The number of benzene rings is 3. The van der Waals surface area contributed by atoms with Gasteiger partial charge in [-0.25, -0.2) is 18.2 Å². The molecule has 0 aliphatic heterocycles. The van der Waals surface area contributed by atoms with Crippen molar-refractivity contribution in [1.29, 1.82) is 5.26 Å². The highest BCUT2D eigenvalue weighted by atomic mass is 32.1. The zero-order chi connectivity index (χ0) is 21.4. The Morgan fingerprint density at radius 3 is 2.60 bits per heavy atom. The number of para-hydroxylation sites is 1. The van der Waals surface area contributed by atoms with Crippen LogP contribution in [0.5, 0.6) is 0 Å². The van der Waals surface area contributed by atoms with Gasteiger partial charge in [0.2, 0.25) is 0 Å². The molecule has 148 valence electrons. The van der Waals surface area contributed by atoms with E-state index >= 15 is 0 Å². The van der Waals surface area contributed by atoms with Crippen molar-refractivity contribution in [3.8, 4) is 16.6 Å². The molecule has 0 saturated heterocycles. The largest absolute Gasteiger partial charge is 0.322 e. The van der Waals surface area contributed by atoms with Gasteiger partial charge in [-0.1, -0.05) is 12.1 Å². The molecule has 1 heterocycles. The third-order valence-corrected chi connectivity index (χ3v) is 5.66. The topological polar surface area (TPSA) is 65.8 Å². The van der Waals surface area contributed by atoms with Crippen molar-refractivity contribution in [2.75, 3.05) is 5.32 Å². The number of fused-ring (bicyclic) bond motifs is 1. The molecule has 0 spiro atoms. The van der Waals surface area contributed by atoms with E-state index in [0.717, 1.165) is 28.4 Å². The van der Waals surface area contributed by atoms with E-state index < -0.39 is 34.5 Å². The Bertz CT molecular complexity index is 1320. The SMILES string of the molecule is Cc1c(NC(=O)c2ccc(C#N)c(F)c2F)cc(F)cc1-c1nc2ccccc2s1. The van der Waals surface area contributed by atoms with E-state index in [9.17, 15) is 18.0 Å². The fourth-order valence-electron chi connectivity index (χ4n) is 3.02. The van der Waals surface area contributed by atoms with Crippen LogP contribution in [0.4, 0.5) is 18.9 Å². The van der Waals surface area contributed by atoms with Crippen LogP contribution in [0.3, 0.4) is 0 Å². The van der Waals surface area contributed by atoms with Gasteiger partial charge in [-0.05, 0) is 48.9 Å². The number of carbonyl (C=O) groups is 1. The third-order valence-electron chi connectivity index (χ3n) is 4.59. The molecule has 4 aromatic rings. The van der Waals surface area contributed by atoms with Crippen LogP contribution >= 0.6 is 11.3 Å². The highest BCUT2D eigenvalue weighted by molar-refractivity contribution is 7.21. The summed E-state index contributed by atoms with van der Waals surface area (Å²) in [7, 11) is 0. The number of anilines is 1. The van der Waals surface area contributed by atoms with Gasteiger partial charge in [-0.15, -0.1) is 11.3 Å². The standard InChI is InChI=1S/C22H12F3N3OS/c1-11-15(22-28-16-4-2-3-5-18(16)30-22)8-13(23)9-17(11)27-21(29)14-7-6-12(10-26)19(24)20(14)25/h2-9H,1H3,(H,27,29). The fourth-order valence-corrected chi connectivity index (χ4v) is 4.06. The summed E-state index contributed by atoms with van der Waals surface area (Å²) in [5.41, 5.74) is 0.789. The molecular weight excluding hydrogens is 411 g/mol. The lowest BCUT2D eigenvalue weighted by atomic mass is 10.1. The molecule has 3 aromatic carbocycles. The van der Waals surface area contributed by atoms with E-state index in [1.165, 1.54) is 23.5 Å². The van der Waals surface area contributed by atoms with Crippen molar-refractivity contribution in [2.24, 2.45) is 0 Å². The summed E-state index contributed by atoms with van der Waals surface area (Å²) in [5, 5.41) is 11.8. The second kappa shape index (κ2) is 7.61. The minimum atomic E-state index is -1.44. The van der Waals surface area contributed by atoms with Gasteiger partial charge in [0.05, 0.1) is 21.3 Å². The van der Waals surface area contributed by atoms with Crippen LogP contribution in [0.15, 0.2) is 48.5 Å². The number of nitriles is 1. The van der Waals surface area contributed by atoms with E-state index in [0.29, 0.717) is 16.1 Å². The molecule has 0 aliphatic carbocycles. The van der Waals surface area contributed by atoms with E-state index in [2.05, 4.69) is 10.3 Å². The number of hydrogen-bond donors (Lipinski definition) is 1. The Hall–Kier alpha value is -3.70. The normalized spacial score (nSPS) is 10.8. The molecule has 0 radical (unpaired) electrons. The number of carbonyl (C=O) groups excluding carboxylic acids is 1. The number of halogens is 3. The molecule has 30 heavy (non-hydrogen) atoms. The molecule has 1 amide bonds. The molecule has 1 N–H and O–H groups in total. The highest BCUT2D eigenvalue weighted by Gasteiger charge is 2.21. The number of rotatable bonds is 3. The number of amides is 1. The Morgan fingerprint density at radius 1 is 1.10 bits per heavy atom. The lowest BCUT2D eigenvalue weighted by Gasteiger charge is -2.12. The lowest BCUT2D eigenvalue weighted by Crippen LogP contribution is -2.16. The van der Waals surface area contributed by atoms with E-state index in [1.54, 1.807) is 6.92 Å². The van der Waals surface area contributed by atoms with Gasteiger partial charge in [-0.2, -0.15) is 5.26 Å². The zero-order valence-electron chi connectivity index (χ0n) is 15.5. The van der Waals surface area contributed by atoms with Crippen molar-refractivity contribution >= 4 is 33.1 Å². The monoisotopic (exact) mass is 423 g/mol. The van der Waals surface area contributed by atoms with Crippen molar-refractivity contribution < 1.29 is 18.0 Å². The van der Waals surface area contributed by atoms with Crippen LogP contribution in [0.25, 0.3) is 20.8 Å². The highest BCUT2D eigenvalue weighted by Crippen LogP contribution is 2.35. The maximum absolute atomic E-state index is 14.3. The van der Waals surface area contributed by atoms with Gasteiger partial charge in [0.15, 0.2) is 11.6 Å².